The molecule has 26 heavy (non-hydrogen) atoms. The zero-order valence-corrected chi connectivity index (χ0v) is 15.0. The van der Waals surface area contributed by atoms with Crippen LogP contribution >= 0.6 is 0 Å². The van der Waals surface area contributed by atoms with Crippen LogP contribution in [0.15, 0.2) is 48.5 Å². The average molecular weight is 351 g/mol. The van der Waals surface area contributed by atoms with Crippen molar-refractivity contribution in [3.8, 4) is 0 Å². The summed E-state index contributed by atoms with van der Waals surface area (Å²) >= 11 is 0. The Morgan fingerprint density at radius 2 is 1.77 bits per heavy atom. The number of hydrogen-bond acceptors (Lipinski definition) is 3. The lowest BCUT2D eigenvalue weighted by Crippen LogP contribution is -2.32. The average Bonchev–Trinajstić information content (AvgIpc) is 3.46. The molecule has 3 rings (SSSR count). The highest BCUT2D eigenvalue weighted by Gasteiger charge is 2.24. The third-order valence-electron chi connectivity index (χ3n) is 4.50. The Kier molecular flexibility index (Phi) is 5.89. The summed E-state index contributed by atoms with van der Waals surface area (Å²) in [4.78, 5) is 24.4. The fourth-order valence-corrected chi connectivity index (χ4v) is 2.79. The van der Waals surface area contributed by atoms with Crippen molar-refractivity contribution in [1.29, 1.82) is 0 Å². The number of nitrogens with one attached hydrogen (secondary N) is 3. The van der Waals surface area contributed by atoms with E-state index in [1.165, 1.54) is 11.1 Å². The van der Waals surface area contributed by atoms with E-state index in [-0.39, 0.29) is 18.4 Å². The van der Waals surface area contributed by atoms with E-state index in [2.05, 4.69) is 35.0 Å². The van der Waals surface area contributed by atoms with Crippen molar-refractivity contribution in [1.82, 2.24) is 10.6 Å². The molecule has 0 bridgehead atoms. The van der Waals surface area contributed by atoms with Gasteiger partial charge in [0.05, 0.1) is 12.1 Å². The molecule has 5 nitrogen and oxygen atoms in total. The van der Waals surface area contributed by atoms with E-state index in [0.717, 1.165) is 19.3 Å². The SMILES string of the molecule is Cc1ccccc1CCNC(=O)CNc1ccccc1C(=O)NC1CC1. The lowest BCUT2D eigenvalue weighted by molar-refractivity contribution is -0.119. The number of carbonyl (C=O) groups excluding carboxylic acids is 2. The predicted molar refractivity (Wildman–Crippen MR) is 103 cm³/mol. The van der Waals surface area contributed by atoms with Crippen molar-refractivity contribution >= 4 is 17.5 Å². The van der Waals surface area contributed by atoms with Crippen LogP contribution in [0.3, 0.4) is 0 Å². The van der Waals surface area contributed by atoms with Gasteiger partial charge in [0.15, 0.2) is 0 Å². The standard InChI is InChI=1S/C21H25N3O2/c1-15-6-2-3-7-16(15)12-13-22-20(25)14-23-19-9-5-4-8-18(19)21(26)24-17-10-11-17/h2-9,17,23H,10-14H2,1H3,(H,22,25)(H,24,26). The molecule has 2 aromatic carbocycles. The van der Waals surface area contributed by atoms with Gasteiger partial charge in [-0.1, -0.05) is 36.4 Å². The normalized spacial score (nSPS) is 13.1. The van der Waals surface area contributed by atoms with E-state index in [4.69, 9.17) is 0 Å². The maximum Gasteiger partial charge on any atom is 0.253 e. The second-order valence-corrected chi connectivity index (χ2v) is 6.67. The fourth-order valence-electron chi connectivity index (χ4n) is 2.79. The van der Waals surface area contributed by atoms with Crippen molar-refractivity contribution in [3.63, 3.8) is 0 Å². The largest absolute Gasteiger partial charge is 0.376 e. The van der Waals surface area contributed by atoms with E-state index < -0.39 is 0 Å². The van der Waals surface area contributed by atoms with Crippen LogP contribution in [0.2, 0.25) is 0 Å². The number of benzene rings is 2. The third kappa shape index (κ3) is 5.09. The predicted octanol–water partition coefficient (Wildman–Crippen LogP) is 2.66. The summed E-state index contributed by atoms with van der Waals surface area (Å²) in [5.74, 6) is -0.174. The highest BCUT2D eigenvalue weighted by atomic mass is 16.2. The van der Waals surface area contributed by atoms with Crippen LogP contribution in [0.25, 0.3) is 0 Å². The Labute approximate surface area is 154 Å². The Morgan fingerprint density at radius 1 is 1.04 bits per heavy atom. The van der Waals surface area contributed by atoms with Gasteiger partial charge < -0.3 is 16.0 Å². The van der Waals surface area contributed by atoms with Gasteiger partial charge in [-0.3, -0.25) is 9.59 Å². The molecule has 0 unspecified atom stereocenters. The molecule has 1 aliphatic rings. The lowest BCUT2D eigenvalue weighted by Gasteiger charge is -2.12. The number of anilines is 1. The number of rotatable bonds is 8. The molecule has 0 heterocycles. The van der Waals surface area contributed by atoms with Crippen LogP contribution in [0.4, 0.5) is 5.69 Å². The van der Waals surface area contributed by atoms with Gasteiger partial charge in [0.1, 0.15) is 0 Å². The van der Waals surface area contributed by atoms with E-state index >= 15 is 0 Å². The monoisotopic (exact) mass is 351 g/mol. The second kappa shape index (κ2) is 8.52. The molecule has 2 aromatic rings. The van der Waals surface area contributed by atoms with Crippen LogP contribution in [0.1, 0.15) is 34.3 Å². The number of carbonyl (C=O) groups is 2. The van der Waals surface area contributed by atoms with Crippen LogP contribution in [-0.4, -0.2) is 30.9 Å². The van der Waals surface area contributed by atoms with Gasteiger partial charge in [-0.15, -0.1) is 0 Å². The first-order valence-electron chi connectivity index (χ1n) is 9.08. The number of para-hydroxylation sites is 1. The molecule has 2 amide bonds. The highest BCUT2D eigenvalue weighted by Crippen LogP contribution is 2.21. The summed E-state index contributed by atoms with van der Waals surface area (Å²) in [7, 11) is 0. The summed E-state index contributed by atoms with van der Waals surface area (Å²) < 4.78 is 0. The minimum Gasteiger partial charge on any atom is -0.376 e. The molecule has 0 atom stereocenters. The highest BCUT2D eigenvalue weighted by molar-refractivity contribution is 6.00. The molecule has 3 N–H and O–H groups in total. The Bertz CT molecular complexity index is 784. The van der Waals surface area contributed by atoms with E-state index in [0.29, 0.717) is 23.8 Å². The summed E-state index contributed by atoms with van der Waals surface area (Å²) in [6, 6.07) is 15.8. The van der Waals surface area contributed by atoms with Gasteiger partial charge in [0.2, 0.25) is 5.91 Å². The summed E-state index contributed by atoms with van der Waals surface area (Å²) in [5.41, 5.74) is 3.73. The van der Waals surface area contributed by atoms with Crippen LogP contribution < -0.4 is 16.0 Å². The molecular weight excluding hydrogens is 326 g/mol. The number of hydrogen-bond donors (Lipinski definition) is 3. The maximum atomic E-state index is 12.3. The van der Waals surface area contributed by atoms with Gasteiger partial charge in [-0.2, -0.15) is 0 Å². The first-order valence-corrected chi connectivity index (χ1v) is 9.08. The Balaban J connectivity index is 1.47. The molecule has 1 saturated carbocycles. The van der Waals surface area contributed by atoms with E-state index in [9.17, 15) is 9.59 Å². The van der Waals surface area contributed by atoms with E-state index in [1.807, 2.05) is 30.3 Å². The Hall–Kier alpha value is -2.82. The molecule has 5 heteroatoms. The van der Waals surface area contributed by atoms with Gasteiger partial charge in [-0.25, -0.2) is 0 Å². The summed E-state index contributed by atoms with van der Waals surface area (Å²) in [5, 5.41) is 8.97. The topological polar surface area (TPSA) is 70.2 Å². The minimum absolute atomic E-state index is 0.0870. The quantitative estimate of drug-likeness (QED) is 0.685. The number of amides is 2. The van der Waals surface area contributed by atoms with Crippen LogP contribution in [-0.2, 0) is 11.2 Å². The van der Waals surface area contributed by atoms with Crippen LogP contribution in [0.5, 0.6) is 0 Å². The zero-order valence-electron chi connectivity index (χ0n) is 15.0. The smallest absolute Gasteiger partial charge is 0.253 e. The maximum absolute atomic E-state index is 12.3. The first-order chi connectivity index (χ1) is 12.6. The molecule has 0 spiro atoms. The van der Waals surface area contributed by atoms with Gasteiger partial charge in [-0.05, 0) is 49.4 Å². The molecule has 0 aromatic heterocycles. The van der Waals surface area contributed by atoms with Gasteiger partial charge >= 0.3 is 0 Å². The van der Waals surface area contributed by atoms with Crippen molar-refractivity contribution in [3.05, 3.63) is 65.2 Å². The zero-order chi connectivity index (χ0) is 18.4. The van der Waals surface area contributed by atoms with Gasteiger partial charge in [0.25, 0.3) is 5.91 Å². The summed E-state index contributed by atoms with van der Waals surface area (Å²) in [6.45, 7) is 2.80. The Morgan fingerprint density at radius 3 is 2.54 bits per heavy atom. The minimum atomic E-state index is -0.0874. The van der Waals surface area contributed by atoms with Crippen LogP contribution in [0, 0.1) is 6.92 Å². The molecular formula is C21H25N3O2. The summed E-state index contributed by atoms with van der Waals surface area (Å²) in [6.07, 6.45) is 2.90. The molecule has 0 saturated heterocycles. The van der Waals surface area contributed by atoms with Gasteiger partial charge in [0, 0.05) is 18.3 Å². The lowest BCUT2D eigenvalue weighted by atomic mass is 10.1. The van der Waals surface area contributed by atoms with Crippen molar-refractivity contribution in [2.24, 2.45) is 0 Å². The van der Waals surface area contributed by atoms with E-state index in [1.54, 1.807) is 6.07 Å². The fraction of sp³-hybridized carbons (Fsp3) is 0.333. The van der Waals surface area contributed by atoms with Crippen molar-refractivity contribution < 1.29 is 9.59 Å². The first kappa shape index (κ1) is 18.0. The molecule has 136 valence electrons. The van der Waals surface area contributed by atoms with Crippen molar-refractivity contribution in [2.45, 2.75) is 32.2 Å². The number of aryl methyl sites for hydroxylation is 1. The molecule has 1 aliphatic carbocycles. The second-order valence-electron chi connectivity index (χ2n) is 6.67. The third-order valence-corrected chi connectivity index (χ3v) is 4.50. The molecule has 1 fully saturated rings. The van der Waals surface area contributed by atoms with Crippen molar-refractivity contribution in [2.75, 3.05) is 18.4 Å². The molecule has 0 radical (unpaired) electrons. The molecule has 0 aliphatic heterocycles.